The third kappa shape index (κ3) is 4.31. The van der Waals surface area contributed by atoms with E-state index in [4.69, 9.17) is 4.74 Å². The van der Waals surface area contributed by atoms with Crippen LogP contribution >= 0.6 is 0 Å². The molecule has 0 aliphatic carbocycles. The molecular formula is C20H26N2O4. The average Bonchev–Trinajstić information content (AvgIpc) is 2.75. The number of alkyl carbamates (subject to hydrolysis) is 1. The van der Waals surface area contributed by atoms with E-state index in [1.165, 1.54) is 4.90 Å². The minimum Gasteiger partial charge on any atom is -0.444 e. The molecule has 1 aliphatic heterocycles. The van der Waals surface area contributed by atoms with E-state index in [0.717, 1.165) is 5.57 Å². The van der Waals surface area contributed by atoms with Crippen LogP contribution in [0.3, 0.4) is 0 Å². The van der Waals surface area contributed by atoms with Gasteiger partial charge in [-0.3, -0.25) is 14.5 Å². The molecule has 26 heavy (non-hydrogen) atoms. The van der Waals surface area contributed by atoms with E-state index in [2.05, 4.69) is 11.9 Å². The van der Waals surface area contributed by atoms with Crippen LogP contribution in [0, 0.1) is 0 Å². The second-order valence-electron chi connectivity index (χ2n) is 7.69. The Balaban J connectivity index is 2.25. The Morgan fingerprint density at radius 1 is 1.19 bits per heavy atom. The Hall–Kier alpha value is -2.63. The van der Waals surface area contributed by atoms with Gasteiger partial charge < -0.3 is 10.1 Å². The summed E-state index contributed by atoms with van der Waals surface area (Å²) in [5.74, 6) is -0.704. The number of imide groups is 1. The third-order valence-electron chi connectivity index (χ3n) is 4.04. The summed E-state index contributed by atoms with van der Waals surface area (Å²) in [7, 11) is 0. The number of hydrogen-bond acceptors (Lipinski definition) is 4. The standard InChI is InChI=1S/C20H26N2O4/c1-12(2)11-16(13(3)21-19(25)26-20(4,5)6)22-17(23)14-9-7-8-10-15(14)18(22)24/h7-10,13,16H,1,11H2,2-6H3,(H,21,25)/t13-,16+/m0/s1. The van der Waals surface area contributed by atoms with Crippen molar-refractivity contribution in [2.45, 2.75) is 58.7 Å². The Morgan fingerprint density at radius 2 is 1.69 bits per heavy atom. The van der Waals surface area contributed by atoms with Crippen LogP contribution in [0.15, 0.2) is 36.4 Å². The van der Waals surface area contributed by atoms with Crippen LogP contribution in [0.5, 0.6) is 0 Å². The van der Waals surface area contributed by atoms with E-state index >= 15 is 0 Å². The average molecular weight is 358 g/mol. The lowest BCUT2D eigenvalue weighted by Gasteiger charge is -2.32. The quantitative estimate of drug-likeness (QED) is 0.645. The molecule has 140 valence electrons. The fourth-order valence-electron chi connectivity index (χ4n) is 2.95. The summed E-state index contributed by atoms with van der Waals surface area (Å²) in [5, 5.41) is 2.74. The van der Waals surface area contributed by atoms with Crippen molar-refractivity contribution >= 4 is 17.9 Å². The molecule has 1 aromatic rings. The molecule has 0 unspecified atom stereocenters. The van der Waals surface area contributed by atoms with Gasteiger partial charge in [0.15, 0.2) is 0 Å². The largest absolute Gasteiger partial charge is 0.444 e. The van der Waals surface area contributed by atoms with E-state index in [9.17, 15) is 14.4 Å². The monoisotopic (exact) mass is 358 g/mol. The van der Waals surface area contributed by atoms with Gasteiger partial charge >= 0.3 is 6.09 Å². The smallest absolute Gasteiger partial charge is 0.407 e. The number of ether oxygens (including phenoxy) is 1. The van der Waals surface area contributed by atoms with Crippen LogP contribution in [0.4, 0.5) is 4.79 Å². The highest BCUT2D eigenvalue weighted by Crippen LogP contribution is 2.28. The van der Waals surface area contributed by atoms with Gasteiger partial charge in [-0.25, -0.2) is 4.79 Å². The highest BCUT2D eigenvalue weighted by atomic mass is 16.6. The van der Waals surface area contributed by atoms with Gasteiger partial charge in [-0.1, -0.05) is 17.7 Å². The summed E-state index contributed by atoms with van der Waals surface area (Å²) < 4.78 is 5.28. The molecule has 6 nitrogen and oxygen atoms in total. The zero-order chi connectivity index (χ0) is 19.6. The summed E-state index contributed by atoms with van der Waals surface area (Å²) in [6.07, 6.45) is -0.198. The first kappa shape index (κ1) is 19.7. The molecule has 2 atom stereocenters. The summed E-state index contributed by atoms with van der Waals surface area (Å²) >= 11 is 0. The van der Waals surface area contributed by atoms with Gasteiger partial charge in [0.2, 0.25) is 0 Å². The minimum atomic E-state index is -0.636. The predicted octanol–water partition coefficient (Wildman–Crippen LogP) is 3.53. The second-order valence-corrected chi connectivity index (χ2v) is 7.69. The molecule has 0 saturated heterocycles. The zero-order valence-electron chi connectivity index (χ0n) is 16.0. The summed E-state index contributed by atoms with van der Waals surface area (Å²) in [6, 6.07) is 5.68. The fraction of sp³-hybridized carbons (Fsp3) is 0.450. The van der Waals surface area contributed by atoms with Gasteiger partial charge in [-0.05, 0) is 53.2 Å². The van der Waals surface area contributed by atoms with Crippen molar-refractivity contribution in [1.82, 2.24) is 10.2 Å². The number of fused-ring (bicyclic) bond motifs is 1. The first-order valence-electron chi connectivity index (χ1n) is 8.62. The molecule has 0 spiro atoms. The Kier molecular flexibility index (Phi) is 5.54. The fourth-order valence-corrected chi connectivity index (χ4v) is 2.95. The van der Waals surface area contributed by atoms with Crippen molar-refractivity contribution in [1.29, 1.82) is 0 Å². The molecule has 0 fully saturated rings. The molecule has 3 amide bonds. The topological polar surface area (TPSA) is 75.7 Å². The number of benzene rings is 1. The van der Waals surface area contributed by atoms with E-state index in [-0.39, 0.29) is 11.8 Å². The molecule has 0 saturated carbocycles. The van der Waals surface area contributed by atoms with Crippen LogP contribution in [0.2, 0.25) is 0 Å². The normalized spacial score (nSPS) is 16.1. The first-order valence-corrected chi connectivity index (χ1v) is 8.62. The SMILES string of the molecule is C=C(C)C[C@H]([C@H](C)NC(=O)OC(C)(C)C)N1C(=O)c2ccccc2C1=O. The van der Waals surface area contributed by atoms with Gasteiger partial charge in [0.25, 0.3) is 11.8 Å². The molecule has 1 aromatic carbocycles. The van der Waals surface area contributed by atoms with Gasteiger partial charge in [-0.15, -0.1) is 6.58 Å². The molecule has 1 N–H and O–H groups in total. The number of carbonyl (C=O) groups is 3. The number of amides is 3. The number of hydrogen-bond donors (Lipinski definition) is 1. The maximum Gasteiger partial charge on any atom is 0.407 e. The number of carbonyl (C=O) groups excluding carboxylic acids is 3. The van der Waals surface area contributed by atoms with Crippen molar-refractivity contribution in [3.63, 3.8) is 0 Å². The van der Waals surface area contributed by atoms with Gasteiger partial charge in [0.1, 0.15) is 5.60 Å². The highest BCUT2D eigenvalue weighted by molar-refractivity contribution is 6.21. The van der Waals surface area contributed by atoms with Crippen molar-refractivity contribution in [2.75, 3.05) is 0 Å². The van der Waals surface area contributed by atoms with E-state index in [0.29, 0.717) is 17.5 Å². The second kappa shape index (κ2) is 7.32. The van der Waals surface area contributed by atoms with Crippen LogP contribution < -0.4 is 5.32 Å². The van der Waals surface area contributed by atoms with Crippen LogP contribution in [0.1, 0.15) is 61.8 Å². The van der Waals surface area contributed by atoms with Crippen LogP contribution in [0.25, 0.3) is 0 Å². The molecule has 0 radical (unpaired) electrons. The molecule has 0 bridgehead atoms. The lowest BCUT2D eigenvalue weighted by molar-refractivity contribution is 0.0420. The Bertz CT molecular complexity index is 713. The lowest BCUT2D eigenvalue weighted by atomic mass is 10.0. The predicted molar refractivity (Wildman–Crippen MR) is 99.0 cm³/mol. The molecule has 1 heterocycles. The van der Waals surface area contributed by atoms with E-state index in [1.54, 1.807) is 52.0 Å². The van der Waals surface area contributed by atoms with Crippen LogP contribution in [-0.4, -0.2) is 40.5 Å². The summed E-state index contributed by atoms with van der Waals surface area (Å²) in [4.78, 5) is 38.9. The van der Waals surface area contributed by atoms with Crippen LogP contribution in [-0.2, 0) is 4.74 Å². The van der Waals surface area contributed by atoms with E-state index in [1.807, 2.05) is 6.92 Å². The van der Waals surface area contributed by atoms with Gasteiger partial charge in [0, 0.05) is 0 Å². The number of rotatable bonds is 5. The Labute approximate surface area is 154 Å². The molecular weight excluding hydrogens is 332 g/mol. The van der Waals surface area contributed by atoms with Crippen molar-refractivity contribution in [3.05, 3.63) is 47.5 Å². The summed E-state index contributed by atoms with van der Waals surface area (Å²) in [5.41, 5.74) is 0.940. The molecule has 0 aromatic heterocycles. The highest BCUT2D eigenvalue weighted by Gasteiger charge is 2.42. The Morgan fingerprint density at radius 3 is 2.12 bits per heavy atom. The third-order valence-corrected chi connectivity index (χ3v) is 4.04. The van der Waals surface area contributed by atoms with Crippen molar-refractivity contribution in [3.8, 4) is 0 Å². The lowest BCUT2D eigenvalue weighted by Crippen LogP contribution is -2.53. The minimum absolute atomic E-state index is 0.352. The first-order chi connectivity index (χ1) is 12.0. The molecule has 1 aliphatic rings. The molecule has 2 rings (SSSR count). The maximum absolute atomic E-state index is 12.8. The van der Waals surface area contributed by atoms with E-state index < -0.39 is 23.8 Å². The maximum atomic E-state index is 12.8. The summed E-state index contributed by atoms with van der Waals surface area (Å²) in [6.45, 7) is 12.8. The number of nitrogens with one attached hydrogen (secondary N) is 1. The molecule has 6 heteroatoms. The zero-order valence-corrected chi connectivity index (χ0v) is 16.0. The van der Waals surface area contributed by atoms with Crippen molar-refractivity contribution < 1.29 is 19.1 Å². The van der Waals surface area contributed by atoms with Gasteiger partial charge in [0.05, 0.1) is 23.2 Å². The van der Waals surface area contributed by atoms with Crippen molar-refractivity contribution in [2.24, 2.45) is 0 Å². The number of nitrogens with zero attached hydrogens (tertiary/aromatic N) is 1. The van der Waals surface area contributed by atoms with Gasteiger partial charge in [-0.2, -0.15) is 0 Å².